The third kappa shape index (κ3) is 4.18. The Bertz CT molecular complexity index is 379. The van der Waals surface area contributed by atoms with Gasteiger partial charge in [-0.2, -0.15) is 13.2 Å². The molecule has 96 valence electrons. The first-order valence-corrected chi connectivity index (χ1v) is 6.10. The van der Waals surface area contributed by atoms with Crippen molar-refractivity contribution in [2.45, 2.75) is 26.4 Å². The predicted octanol–water partition coefficient (Wildman–Crippen LogP) is 4.32. The van der Waals surface area contributed by atoms with E-state index < -0.39 is 11.7 Å². The van der Waals surface area contributed by atoms with Crippen molar-refractivity contribution in [2.24, 2.45) is 5.92 Å². The molecule has 6 heteroatoms. The van der Waals surface area contributed by atoms with Crippen molar-refractivity contribution in [1.82, 2.24) is 4.98 Å². The molecule has 0 saturated carbocycles. The lowest BCUT2D eigenvalue weighted by atomic mass is 10.1. The average molecular weight is 311 g/mol. The van der Waals surface area contributed by atoms with Crippen LogP contribution in [0.2, 0.25) is 0 Å². The van der Waals surface area contributed by atoms with Crippen LogP contribution in [0.15, 0.2) is 16.7 Å². The van der Waals surface area contributed by atoms with E-state index in [0.29, 0.717) is 16.9 Å². The molecular formula is C11H14BrF3N2. The van der Waals surface area contributed by atoms with Crippen LogP contribution in [-0.4, -0.2) is 11.5 Å². The molecule has 1 atom stereocenters. The Morgan fingerprint density at radius 3 is 2.65 bits per heavy atom. The van der Waals surface area contributed by atoms with Crippen molar-refractivity contribution in [3.8, 4) is 0 Å². The molecule has 0 aromatic carbocycles. The summed E-state index contributed by atoms with van der Waals surface area (Å²) in [5.41, 5.74) is -0.741. The van der Waals surface area contributed by atoms with Gasteiger partial charge in [-0.05, 0) is 27.9 Å². The summed E-state index contributed by atoms with van der Waals surface area (Å²) in [5.74, 6) is 0.197. The molecule has 0 amide bonds. The van der Waals surface area contributed by atoms with Crippen molar-refractivity contribution in [3.63, 3.8) is 0 Å². The Hall–Kier alpha value is -0.780. The number of alkyl halides is 3. The van der Waals surface area contributed by atoms with E-state index >= 15 is 0 Å². The quantitative estimate of drug-likeness (QED) is 0.895. The topological polar surface area (TPSA) is 24.9 Å². The zero-order chi connectivity index (χ0) is 13.1. The SMILES string of the molecule is CCC(C)CNc1ncc(Br)cc1C(F)(F)F. The smallest absolute Gasteiger partial charge is 0.369 e. The molecular weight excluding hydrogens is 297 g/mol. The molecule has 0 saturated heterocycles. The lowest BCUT2D eigenvalue weighted by molar-refractivity contribution is -0.137. The van der Waals surface area contributed by atoms with Gasteiger partial charge in [0.25, 0.3) is 0 Å². The van der Waals surface area contributed by atoms with E-state index in [9.17, 15) is 13.2 Å². The van der Waals surface area contributed by atoms with E-state index in [1.807, 2.05) is 13.8 Å². The zero-order valence-electron chi connectivity index (χ0n) is 9.61. The molecule has 0 aliphatic rings. The second kappa shape index (κ2) is 5.71. The van der Waals surface area contributed by atoms with E-state index in [4.69, 9.17) is 0 Å². The van der Waals surface area contributed by atoms with Gasteiger partial charge in [0.2, 0.25) is 0 Å². The summed E-state index contributed by atoms with van der Waals surface area (Å²) in [4.78, 5) is 3.77. The van der Waals surface area contributed by atoms with Gasteiger partial charge >= 0.3 is 6.18 Å². The van der Waals surface area contributed by atoms with Crippen molar-refractivity contribution >= 4 is 21.7 Å². The largest absolute Gasteiger partial charge is 0.419 e. The van der Waals surface area contributed by atoms with Crippen LogP contribution in [0.25, 0.3) is 0 Å². The minimum Gasteiger partial charge on any atom is -0.369 e. The summed E-state index contributed by atoms with van der Waals surface area (Å²) in [6.45, 7) is 4.44. The van der Waals surface area contributed by atoms with Crippen LogP contribution < -0.4 is 5.32 Å². The molecule has 0 bridgehead atoms. The van der Waals surface area contributed by atoms with Crippen molar-refractivity contribution < 1.29 is 13.2 Å². The van der Waals surface area contributed by atoms with E-state index in [0.717, 1.165) is 12.5 Å². The minimum absolute atomic E-state index is 0.110. The van der Waals surface area contributed by atoms with Gasteiger partial charge in [-0.25, -0.2) is 4.98 Å². The zero-order valence-corrected chi connectivity index (χ0v) is 11.2. The molecule has 1 aromatic rings. The van der Waals surface area contributed by atoms with Crippen LogP contribution in [-0.2, 0) is 6.18 Å². The van der Waals surface area contributed by atoms with Gasteiger partial charge in [-0.15, -0.1) is 0 Å². The van der Waals surface area contributed by atoms with Crippen molar-refractivity contribution in [3.05, 3.63) is 22.3 Å². The molecule has 1 aromatic heterocycles. The second-order valence-electron chi connectivity index (χ2n) is 3.94. The molecule has 0 aliphatic heterocycles. The first kappa shape index (κ1) is 14.3. The molecule has 2 nitrogen and oxygen atoms in total. The van der Waals surface area contributed by atoms with Crippen molar-refractivity contribution in [1.29, 1.82) is 0 Å². The van der Waals surface area contributed by atoms with Gasteiger partial charge < -0.3 is 5.32 Å². The lowest BCUT2D eigenvalue weighted by Crippen LogP contribution is -2.16. The predicted molar refractivity (Wildman–Crippen MR) is 64.9 cm³/mol. The molecule has 0 fully saturated rings. The fourth-order valence-electron chi connectivity index (χ4n) is 1.21. The number of anilines is 1. The van der Waals surface area contributed by atoms with Gasteiger partial charge in [0.05, 0.1) is 5.56 Å². The van der Waals surface area contributed by atoms with Gasteiger partial charge in [-0.1, -0.05) is 20.3 Å². The van der Waals surface area contributed by atoms with Crippen LogP contribution >= 0.6 is 15.9 Å². The van der Waals surface area contributed by atoms with Crippen LogP contribution in [0.4, 0.5) is 19.0 Å². The summed E-state index contributed by atoms with van der Waals surface area (Å²) >= 11 is 2.99. The number of hydrogen-bond donors (Lipinski definition) is 1. The third-order valence-corrected chi connectivity index (χ3v) is 2.91. The molecule has 1 N–H and O–H groups in total. The highest BCUT2D eigenvalue weighted by molar-refractivity contribution is 9.10. The highest BCUT2D eigenvalue weighted by Crippen LogP contribution is 2.35. The number of rotatable bonds is 4. The molecule has 0 radical (unpaired) electrons. The first-order valence-electron chi connectivity index (χ1n) is 5.31. The Morgan fingerprint density at radius 2 is 2.12 bits per heavy atom. The maximum Gasteiger partial charge on any atom is 0.419 e. The number of nitrogens with zero attached hydrogens (tertiary/aromatic N) is 1. The molecule has 0 spiro atoms. The molecule has 1 heterocycles. The number of nitrogens with one attached hydrogen (secondary N) is 1. The van der Waals surface area contributed by atoms with Gasteiger partial charge in [0.15, 0.2) is 0 Å². The monoisotopic (exact) mass is 310 g/mol. The maximum atomic E-state index is 12.7. The molecule has 0 aliphatic carbocycles. The highest BCUT2D eigenvalue weighted by atomic mass is 79.9. The van der Waals surface area contributed by atoms with E-state index in [2.05, 4.69) is 26.2 Å². The summed E-state index contributed by atoms with van der Waals surface area (Å²) in [6, 6.07) is 1.03. The van der Waals surface area contributed by atoms with Gasteiger partial charge in [-0.3, -0.25) is 0 Å². The lowest BCUT2D eigenvalue weighted by Gasteiger charge is -2.15. The first-order chi connectivity index (χ1) is 7.84. The molecule has 17 heavy (non-hydrogen) atoms. The van der Waals surface area contributed by atoms with E-state index in [-0.39, 0.29) is 5.82 Å². The van der Waals surface area contributed by atoms with Crippen LogP contribution in [0.5, 0.6) is 0 Å². The normalized spacial score (nSPS) is 13.5. The van der Waals surface area contributed by atoms with E-state index in [1.54, 1.807) is 0 Å². The van der Waals surface area contributed by atoms with Crippen molar-refractivity contribution in [2.75, 3.05) is 11.9 Å². The standard InChI is InChI=1S/C11H14BrF3N2/c1-3-7(2)5-16-10-9(11(13,14)15)4-8(12)6-17-10/h4,6-7H,3,5H2,1-2H3,(H,16,17). The highest BCUT2D eigenvalue weighted by Gasteiger charge is 2.34. The summed E-state index contributed by atoms with van der Waals surface area (Å²) in [5, 5.41) is 2.75. The fourth-order valence-corrected chi connectivity index (χ4v) is 1.54. The van der Waals surface area contributed by atoms with Gasteiger partial charge in [0, 0.05) is 17.2 Å². The maximum absolute atomic E-state index is 12.7. The summed E-state index contributed by atoms with van der Waals surface area (Å²) in [7, 11) is 0. The number of pyridine rings is 1. The second-order valence-corrected chi connectivity index (χ2v) is 4.86. The third-order valence-electron chi connectivity index (χ3n) is 2.47. The Labute approximate surface area is 107 Å². The van der Waals surface area contributed by atoms with Gasteiger partial charge in [0.1, 0.15) is 5.82 Å². The van der Waals surface area contributed by atoms with Crippen LogP contribution in [0, 0.1) is 5.92 Å². The molecule has 1 unspecified atom stereocenters. The van der Waals surface area contributed by atoms with Crippen LogP contribution in [0.3, 0.4) is 0 Å². The van der Waals surface area contributed by atoms with Crippen LogP contribution in [0.1, 0.15) is 25.8 Å². The Balaban J connectivity index is 2.91. The molecule has 1 rings (SSSR count). The minimum atomic E-state index is -4.39. The Morgan fingerprint density at radius 1 is 1.47 bits per heavy atom. The summed E-state index contributed by atoms with van der Waals surface area (Å²) < 4.78 is 38.5. The fraction of sp³-hybridized carbons (Fsp3) is 0.545. The summed E-state index contributed by atoms with van der Waals surface area (Å²) in [6.07, 6.45) is -2.13. The average Bonchev–Trinajstić information content (AvgIpc) is 2.25. The van der Waals surface area contributed by atoms with E-state index in [1.165, 1.54) is 6.20 Å². The number of halogens is 4. The number of aromatic nitrogens is 1. The number of hydrogen-bond acceptors (Lipinski definition) is 2. The Kier molecular flexibility index (Phi) is 4.80.